The van der Waals surface area contributed by atoms with Crippen LogP contribution in [0.4, 0.5) is 4.79 Å². The Morgan fingerprint density at radius 3 is 2.92 bits per heavy atom. The first-order valence-corrected chi connectivity index (χ1v) is 8.68. The van der Waals surface area contributed by atoms with E-state index < -0.39 is 5.60 Å². The zero-order valence-corrected chi connectivity index (χ0v) is 14.9. The summed E-state index contributed by atoms with van der Waals surface area (Å²) in [6.07, 6.45) is 3.60. The Morgan fingerprint density at radius 1 is 1.46 bits per heavy atom. The predicted molar refractivity (Wildman–Crippen MR) is 89.6 cm³/mol. The third-order valence-electron chi connectivity index (χ3n) is 4.74. The SMILES string of the molecule is Cc1[nH]cnc1CNC1C(NC(=O)OC(C)(C)C)C2CCCOC21. The first-order valence-electron chi connectivity index (χ1n) is 8.68. The molecule has 0 bridgehead atoms. The summed E-state index contributed by atoms with van der Waals surface area (Å²) in [7, 11) is 0. The second-order valence-corrected chi connectivity index (χ2v) is 7.69. The molecular formula is C17H28N4O3. The van der Waals surface area contributed by atoms with Gasteiger partial charge in [0.05, 0.1) is 30.2 Å². The number of ether oxygens (including phenoxy) is 2. The molecule has 7 nitrogen and oxygen atoms in total. The molecular weight excluding hydrogens is 308 g/mol. The van der Waals surface area contributed by atoms with Crippen molar-refractivity contribution in [2.75, 3.05) is 6.61 Å². The van der Waals surface area contributed by atoms with Crippen molar-refractivity contribution in [2.45, 2.75) is 70.9 Å². The van der Waals surface area contributed by atoms with Crippen LogP contribution >= 0.6 is 0 Å². The molecule has 2 aliphatic rings. The van der Waals surface area contributed by atoms with Gasteiger partial charge in [0.25, 0.3) is 0 Å². The topological polar surface area (TPSA) is 88.3 Å². The van der Waals surface area contributed by atoms with Gasteiger partial charge in [-0.3, -0.25) is 0 Å². The number of aromatic amines is 1. The standard InChI is InChI=1S/C17H28N4O3/c1-10-12(20-9-19-10)8-18-14-13(11-6-5-7-23-15(11)14)21-16(22)24-17(2,3)4/h9,11,13-15,18H,5-8H2,1-4H3,(H,19,20)(H,21,22). The monoisotopic (exact) mass is 336 g/mol. The summed E-state index contributed by atoms with van der Waals surface area (Å²) < 4.78 is 11.3. The predicted octanol–water partition coefficient (Wildman–Crippen LogP) is 1.88. The number of imidazole rings is 1. The smallest absolute Gasteiger partial charge is 0.407 e. The average molecular weight is 336 g/mol. The molecule has 2 fully saturated rings. The number of carbonyl (C=O) groups is 1. The highest BCUT2D eigenvalue weighted by Gasteiger charge is 2.53. The fourth-order valence-electron chi connectivity index (χ4n) is 3.57. The summed E-state index contributed by atoms with van der Waals surface area (Å²) >= 11 is 0. The Morgan fingerprint density at radius 2 is 2.25 bits per heavy atom. The molecule has 4 atom stereocenters. The maximum Gasteiger partial charge on any atom is 0.407 e. The fourth-order valence-corrected chi connectivity index (χ4v) is 3.57. The van der Waals surface area contributed by atoms with E-state index in [1.54, 1.807) is 6.33 Å². The summed E-state index contributed by atoms with van der Waals surface area (Å²) in [6.45, 7) is 9.06. The summed E-state index contributed by atoms with van der Waals surface area (Å²) in [5, 5.41) is 6.54. The van der Waals surface area contributed by atoms with Gasteiger partial charge in [-0.05, 0) is 40.5 Å². The van der Waals surface area contributed by atoms with Gasteiger partial charge in [0.15, 0.2) is 0 Å². The van der Waals surface area contributed by atoms with Gasteiger partial charge < -0.3 is 25.1 Å². The normalized spacial score (nSPS) is 29.5. The van der Waals surface area contributed by atoms with Crippen molar-refractivity contribution < 1.29 is 14.3 Å². The van der Waals surface area contributed by atoms with Gasteiger partial charge >= 0.3 is 6.09 Å². The molecule has 24 heavy (non-hydrogen) atoms. The molecule has 1 saturated carbocycles. The number of hydrogen-bond acceptors (Lipinski definition) is 5. The van der Waals surface area contributed by atoms with Crippen LogP contribution in [-0.2, 0) is 16.0 Å². The minimum Gasteiger partial charge on any atom is -0.444 e. The summed E-state index contributed by atoms with van der Waals surface area (Å²) in [6, 6.07) is 0.114. The number of nitrogens with zero attached hydrogens (tertiary/aromatic N) is 1. The van der Waals surface area contributed by atoms with Crippen LogP contribution in [0.5, 0.6) is 0 Å². The number of fused-ring (bicyclic) bond motifs is 1. The highest BCUT2D eigenvalue weighted by atomic mass is 16.6. The Balaban J connectivity index is 1.61. The second kappa shape index (κ2) is 6.72. The molecule has 4 unspecified atom stereocenters. The number of H-pyrrole nitrogens is 1. The molecule has 1 aliphatic heterocycles. The van der Waals surface area contributed by atoms with Crippen LogP contribution in [0, 0.1) is 12.8 Å². The van der Waals surface area contributed by atoms with Gasteiger partial charge in [0, 0.05) is 24.8 Å². The maximum atomic E-state index is 12.1. The van der Waals surface area contributed by atoms with Crippen molar-refractivity contribution in [3.63, 3.8) is 0 Å². The van der Waals surface area contributed by atoms with Crippen LogP contribution in [0.1, 0.15) is 45.0 Å². The number of hydrogen-bond donors (Lipinski definition) is 3. The molecule has 1 saturated heterocycles. The first-order chi connectivity index (χ1) is 11.3. The zero-order valence-electron chi connectivity index (χ0n) is 14.9. The molecule has 2 heterocycles. The average Bonchev–Trinajstić information content (AvgIpc) is 2.89. The number of carbonyl (C=O) groups excluding carboxylic acids is 1. The van der Waals surface area contributed by atoms with E-state index in [0.29, 0.717) is 12.5 Å². The van der Waals surface area contributed by atoms with Gasteiger partial charge in [-0.1, -0.05) is 0 Å². The van der Waals surface area contributed by atoms with Gasteiger partial charge in [-0.2, -0.15) is 0 Å². The lowest BCUT2D eigenvalue weighted by Crippen LogP contribution is -2.73. The molecule has 1 aliphatic carbocycles. The molecule has 0 radical (unpaired) electrons. The lowest BCUT2D eigenvalue weighted by Gasteiger charge is -2.54. The first kappa shape index (κ1) is 17.2. The van der Waals surface area contributed by atoms with Crippen molar-refractivity contribution in [1.29, 1.82) is 0 Å². The number of amides is 1. The van der Waals surface area contributed by atoms with Crippen molar-refractivity contribution in [3.05, 3.63) is 17.7 Å². The molecule has 1 aromatic heterocycles. The van der Waals surface area contributed by atoms with Gasteiger partial charge in [-0.15, -0.1) is 0 Å². The lowest BCUT2D eigenvalue weighted by molar-refractivity contribution is -0.128. The Labute approximate surface area is 142 Å². The zero-order chi connectivity index (χ0) is 17.3. The minimum atomic E-state index is -0.495. The van der Waals surface area contributed by atoms with Crippen molar-refractivity contribution in [2.24, 2.45) is 5.92 Å². The van der Waals surface area contributed by atoms with E-state index >= 15 is 0 Å². The maximum absolute atomic E-state index is 12.1. The Kier molecular flexibility index (Phi) is 4.83. The quantitative estimate of drug-likeness (QED) is 0.781. The molecule has 0 spiro atoms. The molecule has 134 valence electrons. The van der Waals surface area contributed by atoms with E-state index in [2.05, 4.69) is 20.6 Å². The summed E-state index contributed by atoms with van der Waals surface area (Å²) in [4.78, 5) is 19.5. The van der Waals surface area contributed by atoms with E-state index in [1.165, 1.54) is 0 Å². The van der Waals surface area contributed by atoms with E-state index in [9.17, 15) is 4.79 Å². The Bertz CT molecular complexity index is 581. The second-order valence-electron chi connectivity index (χ2n) is 7.69. The highest BCUT2D eigenvalue weighted by molar-refractivity contribution is 5.68. The summed E-state index contributed by atoms with van der Waals surface area (Å²) in [5.74, 6) is 0.351. The van der Waals surface area contributed by atoms with Crippen LogP contribution in [0.2, 0.25) is 0 Å². The van der Waals surface area contributed by atoms with Crippen LogP contribution in [0.25, 0.3) is 0 Å². The Hall–Kier alpha value is -1.60. The van der Waals surface area contributed by atoms with Crippen LogP contribution in [0.15, 0.2) is 6.33 Å². The highest BCUT2D eigenvalue weighted by Crippen LogP contribution is 2.38. The third-order valence-corrected chi connectivity index (χ3v) is 4.74. The molecule has 1 amide bonds. The number of alkyl carbamates (subject to hydrolysis) is 1. The van der Waals surface area contributed by atoms with Crippen molar-refractivity contribution in [1.82, 2.24) is 20.6 Å². The van der Waals surface area contributed by atoms with Gasteiger partial charge in [-0.25, -0.2) is 9.78 Å². The van der Waals surface area contributed by atoms with Crippen molar-refractivity contribution in [3.8, 4) is 0 Å². The number of aromatic nitrogens is 2. The van der Waals surface area contributed by atoms with Crippen LogP contribution < -0.4 is 10.6 Å². The third kappa shape index (κ3) is 3.72. The lowest BCUT2D eigenvalue weighted by atomic mass is 9.68. The van der Waals surface area contributed by atoms with Crippen molar-refractivity contribution >= 4 is 6.09 Å². The summed E-state index contributed by atoms with van der Waals surface area (Å²) in [5.41, 5.74) is 1.55. The van der Waals surface area contributed by atoms with E-state index in [4.69, 9.17) is 9.47 Å². The molecule has 3 N–H and O–H groups in total. The van der Waals surface area contributed by atoms with Crippen LogP contribution in [0.3, 0.4) is 0 Å². The molecule has 3 rings (SSSR count). The number of rotatable bonds is 4. The largest absolute Gasteiger partial charge is 0.444 e. The van der Waals surface area contributed by atoms with E-state index in [-0.39, 0.29) is 24.3 Å². The van der Waals surface area contributed by atoms with Crippen LogP contribution in [-0.4, -0.2) is 46.5 Å². The number of nitrogens with one attached hydrogen (secondary N) is 3. The van der Waals surface area contributed by atoms with Gasteiger partial charge in [0.2, 0.25) is 0 Å². The number of aryl methyl sites for hydroxylation is 1. The fraction of sp³-hybridized carbons (Fsp3) is 0.765. The molecule has 0 aromatic carbocycles. The molecule has 1 aromatic rings. The molecule has 7 heteroatoms. The minimum absolute atomic E-state index is 0.0318. The van der Waals surface area contributed by atoms with E-state index in [0.717, 1.165) is 30.8 Å². The van der Waals surface area contributed by atoms with E-state index in [1.807, 2.05) is 27.7 Å². The van der Waals surface area contributed by atoms with Gasteiger partial charge in [0.1, 0.15) is 5.60 Å².